The topological polar surface area (TPSA) is 56.1 Å². The van der Waals surface area contributed by atoms with Crippen LogP contribution in [0.5, 0.6) is 0 Å². The van der Waals surface area contributed by atoms with E-state index in [9.17, 15) is 4.79 Å². The zero-order valence-electron chi connectivity index (χ0n) is 8.82. The zero-order valence-corrected chi connectivity index (χ0v) is 8.82. The molecule has 1 N–H and O–H groups in total. The number of hydrogen-bond donors (Lipinski definition) is 1. The van der Waals surface area contributed by atoms with Crippen molar-refractivity contribution in [2.45, 2.75) is 6.42 Å². The number of anilines is 2. The normalized spacial score (nSPS) is 9.13. The average Bonchev–Trinajstić information content (AvgIpc) is 2.18. The fourth-order valence-corrected chi connectivity index (χ4v) is 1.12. The van der Waals surface area contributed by atoms with Crippen LogP contribution in [0.2, 0.25) is 0 Å². The lowest BCUT2D eigenvalue weighted by Crippen LogP contribution is -2.11. The molecule has 0 unspecified atom stereocenters. The van der Waals surface area contributed by atoms with Gasteiger partial charge in [-0.2, -0.15) is 5.26 Å². The van der Waals surface area contributed by atoms with Crippen molar-refractivity contribution in [1.82, 2.24) is 0 Å². The van der Waals surface area contributed by atoms with Gasteiger partial charge in [-0.25, -0.2) is 0 Å². The van der Waals surface area contributed by atoms with Gasteiger partial charge in [0.15, 0.2) is 0 Å². The molecule has 0 aliphatic rings. The lowest BCUT2D eigenvalue weighted by Gasteiger charge is -2.12. The summed E-state index contributed by atoms with van der Waals surface area (Å²) in [5.41, 5.74) is 1.77. The maximum absolute atomic E-state index is 11.1. The van der Waals surface area contributed by atoms with Gasteiger partial charge in [0, 0.05) is 25.5 Å². The molecule has 78 valence electrons. The van der Waals surface area contributed by atoms with E-state index < -0.39 is 0 Å². The second kappa shape index (κ2) is 5.01. The van der Waals surface area contributed by atoms with Crippen LogP contribution in [0.3, 0.4) is 0 Å². The van der Waals surface area contributed by atoms with Gasteiger partial charge >= 0.3 is 0 Å². The Kier molecular flexibility index (Phi) is 3.69. The predicted octanol–water partition coefficient (Wildman–Crippen LogP) is 1.60. The molecular weight excluding hydrogens is 190 g/mol. The fourth-order valence-electron chi connectivity index (χ4n) is 1.12. The second-order valence-corrected chi connectivity index (χ2v) is 3.32. The van der Waals surface area contributed by atoms with Crippen LogP contribution in [-0.4, -0.2) is 20.0 Å². The highest BCUT2D eigenvalue weighted by molar-refractivity contribution is 5.92. The minimum atomic E-state index is -0.282. The van der Waals surface area contributed by atoms with Crippen molar-refractivity contribution in [3.8, 4) is 6.07 Å². The summed E-state index contributed by atoms with van der Waals surface area (Å²) in [5.74, 6) is -0.282. The first-order valence-corrected chi connectivity index (χ1v) is 4.57. The van der Waals surface area contributed by atoms with Crippen molar-refractivity contribution in [2.75, 3.05) is 24.3 Å². The van der Waals surface area contributed by atoms with E-state index in [0.29, 0.717) is 5.69 Å². The Labute approximate surface area is 89.1 Å². The summed E-state index contributed by atoms with van der Waals surface area (Å²) in [6, 6.07) is 9.23. The van der Waals surface area contributed by atoms with E-state index in [1.165, 1.54) is 0 Å². The lowest BCUT2D eigenvalue weighted by molar-refractivity contribution is -0.115. The van der Waals surface area contributed by atoms with Crippen molar-refractivity contribution in [2.24, 2.45) is 0 Å². The highest BCUT2D eigenvalue weighted by atomic mass is 16.1. The number of nitriles is 1. The Morgan fingerprint density at radius 3 is 2.47 bits per heavy atom. The molecule has 0 bridgehead atoms. The molecule has 0 heterocycles. The standard InChI is InChI=1S/C11H13N3O/c1-14(2)10-5-3-9(4-6-10)13-11(15)7-8-12/h3-6H,7H2,1-2H3,(H,13,15). The molecule has 4 heteroatoms. The molecule has 4 nitrogen and oxygen atoms in total. The fraction of sp³-hybridized carbons (Fsp3) is 0.273. The van der Waals surface area contributed by atoms with Crippen LogP contribution < -0.4 is 10.2 Å². The van der Waals surface area contributed by atoms with Crippen LogP contribution in [0.1, 0.15) is 6.42 Å². The summed E-state index contributed by atoms with van der Waals surface area (Å²) in [7, 11) is 3.90. The third kappa shape index (κ3) is 3.31. The third-order valence-corrected chi connectivity index (χ3v) is 1.91. The summed E-state index contributed by atoms with van der Waals surface area (Å²) in [5, 5.41) is 10.9. The summed E-state index contributed by atoms with van der Waals surface area (Å²) in [6.45, 7) is 0. The predicted molar refractivity (Wildman–Crippen MR) is 59.6 cm³/mol. The molecule has 0 saturated heterocycles. The van der Waals surface area contributed by atoms with E-state index in [2.05, 4.69) is 5.32 Å². The van der Waals surface area contributed by atoms with Crippen LogP contribution in [0.4, 0.5) is 11.4 Å². The number of nitrogens with zero attached hydrogens (tertiary/aromatic N) is 2. The van der Waals surface area contributed by atoms with Crippen molar-refractivity contribution in [1.29, 1.82) is 5.26 Å². The Bertz CT molecular complexity index is 376. The molecule has 0 atom stereocenters. The summed E-state index contributed by atoms with van der Waals surface area (Å²) < 4.78 is 0. The molecule has 1 aromatic carbocycles. The number of benzene rings is 1. The Morgan fingerprint density at radius 1 is 1.40 bits per heavy atom. The van der Waals surface area contributed by atoms with Gasteiger partial charge in [-0.1, -0.05) is 0 Å². The van der Waals surface area contributed by atoms with Gasteiger partial charge in [0.1, 0.15) is 6.42 Å². The molecular formula is C11H13N3O. The highest BCUT2D eigenvalue weighted by Crippen LogP contribution is 2.15. The maximum Gasteiger partial charge on any atom is 0.238 e. The molecule has 15 heavy (non-hydrogen) atoms. The average molecular weight is 203 g/mol. The smallest absolute Gasteiger partial charge is 0.238 e. The van der Waals surface area contributed by atoms with Gasteiger partial charge in [0.2, 0.25) is 5.91 Å². The van der Waals surface area contributed by atoms with E-state index in [1.807, 2.05) is 43.3 Å². The van der Waals surface area contributed by atoms with Crippen LogP contribution in [0.25, 0.3) is 0 Å². The summed E-state index contributed by atoms with van der Waals surface area (Å²) >= 11 is 0. The van der Waals surface area contributed by atoms with E-state index in [1.54, 1.807) is 6.07 Å². The summed E-state index contributed by atoms with van der Waals surface area (Å²) in [4.78, 5) is 13.1. The SMILES string of the molecule is CN(C)c1ccc(NC(=O)CC#N)cc1. The Balaban J connectivity index is 2.65. The number of amides is 1. The van der Waals surface area contributed by atoms with E-state index in [-0.39, 0.29) is 12.3 Å². The van der Waals surface area contributed by atoms with Gasteiger partial charge in [-0.05, 0) is 24.3 Å². The first-order valence-electron chi connectivity index (χ1n) is 4.57. The van der Waals surface area contributed by atoms with E-state index in [4.69, 9.17) is 5.26 Å². The molecule has 0 aromatic heterocycles. The largest absolute Gasteiger partial charge is 0.378 e. The van der Waals surface area contributed by atoms with Crippen LogP contribution in [-0.2, 0) is 4.79 Å². The molecule has 0 radical (unpaired) electrons. The van der Waals surface area contributed by atoms with E-state index in [0.717, 1.165) is 5.69 Å². The van der Waals surface area contributed by atoms with Crippen molar-refractivity contribution in [3.63, 3.8) is 0 Å². The van der Waals surface area contributed by atoms with Crippen LogP contribution >= 0.6 is 0 Å². The van der Waals surface area contributed by atoms with Gasteiger partial charge in [-0.15, -0.1) is 0 Å². The number of carbonyl (C=O) groups excluding carboxylic acids is 1. The molecule has 0 aliphatic heterocycles. The van der Waals surface area contributed by atoms with E-state index >= 15 is 0 Å². The van der Waals surface area contributed by atoms with Gasteiger partial charge in [-0.3, -0.25) is 4.79 Å². The second-order valence-electron chi connectivity index (χ2n) is 3.32. The first kappa shape index (κ1) is 11.1. The van der Waals surface area contributed by atoms with Gasteiger partial charge in [0.05, 0.1) is 6.07 Å². The Morgan fingerprint density at radius 2 is 2.00 bits per heavy atom. The quantitative estimate of drug-likeness (QED) is 0.811. The molecule has 0 fully saturated rings. The van der Waals surface area contributed by atoms with Gasteiger partial charge < -0.3 is 10.2 Å². The minimum absolute atomic E-state index is 0.116. The number of hydrogen-bond acceptors (Lipinski definition) is 3. The monoisotopic (exact) mass is 203 g/mol. The van der Waals surface area contributed by atoms with Crippen molar-refractivity contribution < 1.29 is 4.79 Å². The third-order valence-electron chi connectivity index (χ3n) is 1.91. The van der Waals surface area contributed by atoms with Gasteiger partial charge in [0.25, 0.3) is 0 Å². The van der Waals surface area contributed by atoms with Crippen LogP contribution in [0.15, 0.2) is 24.3 Å². The van der Waals surface area contributed by atoms with Crippen molar-refractivity contribution >= 4 is 17.3 Å². The van der Waals surface area contributed by atoms with Crippen LogP contribution in [0, 0.1) is 11.3 Å². The van der Waals surface area contributed by atoms with Crippen molar-refractivity contribution in [3.05, 3.63) is 24.3 Å². The molecule has 1 rings (SSSR count). The molecule has 0 spiro atoms. The lowest BCUT2D eigenvalue weighted by atomic mass is 10.2. The zero-order chi connectivity index (χ0) is 11.3. The maximum atomic E-state index is 11.1. The molecule has 0 saturated carbocycles. The Hall–Kier alpha value is -2.02. The molecule has 1 amide bonds. The number of nitrogens with one attached hydrogen (secondary N) is 1. The number of rotatable bonds is 3. The molecule has 0 aliphatic carbocycles. The minimum Gasteiger partial charge on any atom is -0.378 e. The summed E-state index contributed by atoms with van der Waals surface area (Å²) in [6.07, 6.45) is -0.116. The number of carbonyl (C=O) groups is 1. The first-order chi connectivity index (χ1) is 7.13. The highest BCUT2D eigenvalue weighted by Gasteiger charge is 2.01. The molecule has 1 aromatic rings.